The highest BCUT2D eigenvalue weighted by atomic mass is 79.9. The van der Waals surface area contributed by atoms with Crippen LogP contribution in [-0.2, 0) is 0 Å². The molecule has 5 heteroatoms. The Morgan fingerprint density at radius 1 is 1.29 bits per heavy atom. The molecular weight excluding hydrogens is 366 g/mol. The maximum absolute atomic E-state index is 11.9. The Hall–Kier alpha value is -0.650. The van der Waals surface area contributed by atoms with Gasteiger partial charge in [-0.3, -0.25) is 4.79 Å². The molecule has 0 spiro atoms. The first-order valence-electron chi connectivity index (χ1n) is 4.88. The van der Waals surface area contributed by atoms with Gasteiger partial charge >= 0.3 is 0 Å². The van der Waals surface area contributed by atoms with Gasteiger partial charge in [-0.25, -0.2) is 0 Å². The lowest BCUT2D eigenvalue weighted by Crippen LogP contribution is -2.11. The van der Waals surface area contributed by atoms with Crippen LogP contribution in [0.3, 0.4) is 0 Å². The van der Waals surface area contributed by atoms with Crippen molar-refractivity contribution < 1.29 is 4.79 Å². The van der Waals surface area contributed by atoms with Crippen LogP contribution in [0.4, 0.5) is 5.69 Å². The highest BCUT2D eigenvalue weighted by molar-refractivity contribution is 9.11. The van der Waals surface area contributed by atoms with E-state index < -0.39 is 0 Å². The van der Waals surface area contributed by atoms with E-state index in [-0.39, 0.29) is 5.91 Å². The second kappa shape index (κ2) is 5.33. The molecule has 17 heavy (non-hydrogen) atoms. The number of hydrogen-bond acceptors (Lipinski definition) is 2. The first-order valence-corrected chi connectivity index (χ1v) is 7.34. The normalized spacial score (nSPS) is 10.3. The number of benzene rings is 1. The Balaban J connectivity index is 2.18. The van der Waals surface area contributed by atoms with Gasteiger partial charge in [0.2, 0.25) is 0 Å². The minimum atomic E-state index is -0.0858. The van der Waals surface area contributed by atoms with Crippen LogP contribution in [0.1, 0.15) is 15.9 Å². The van der Waals surface area contributed by atoms with E-state index in [0.717, 1.165) is 19.5 Å². The number of halogens is 2. The van der Waals surface area contributed by atoms with Gasteiger partial charge in [0.05, 0.1) is 9.35 Å². The van der Waals surface area contributed by atoms with Crippen LogP contribution in [0.25, 0.3) is 0 Å². The number of carbonyl (C=O) groups excluding carboxylic acids is 1. The summed E-state index contributed by atoms with van der Waals surface area (Å²) in [4.78, 5) is 11.9. The van der Waals surface area contributed by atoms with Crippen molar-refractivity contribution in [3.05, 3.63) is 49.0 Å². The summed E-state index contributed by atoms with van der Waals surface area (Å²) < 4.78 is 1.96. The lowest BCUT2D eigenvalue weighted by atomic mass is 10.2. The molecule has 0 aliphatic heterocycles. The fourth-order valence-electron chi connectivity index (χ4n) is 1.39. The number of aryl methyl sites for hydroxylation is 1. The molecule has 0 unspecified atom stereocenters. The maximum atomic E-state index is 11.9. The second-order valence-corrected chi connectivity index (χ2v) is 6.76. The molecule has 88 valence electrons. The highest BCUT2D eigenvalue weighted by Crippen LogP contribution is 2.23. The van der Waals surface area contributed by atoms with Gasteiger partial charge in [0.15, 0.2) is 0 Å². The maximum Gasteiger partial charge on any atom is 0.256 e. The predicted molar refractivity (Wildman–Crippen MR) is 78.9 cm³/mol. The zero-order valence-corrected chi connectivity index (χ0v) is 12.9. The number of anilines is 1. The number of thiophene rings is 1. The van der Waals surface area contributed by atoms with E-state index in [1.165, 1.54) is 11.3 Å². The minimum Gasteiger partial charge on any atom is -0.322 e. The fourth-order valence-corrected chi connectivity index (χ4v) is 3.00. The van der Waals surface area contributed by atoms with E-state index in [2.05, 4.69) is 37.2 Å². The van der Waals surface area contributed by atoms with Crippen molar-refractivity contribution in [2.45, 2.75) is 6.92 Å². The van der Waals surface area contributed by atoms with E-state index in [1.54, 1.807) is 0 Å². The zero-order chi connectivity index (χ0) is 12.4. The van der Waals surface area contributed by atoms with Crippen molar-refractivity contribution in [2.24, 2.45) is 0 Å². The van der Waals surface area contributed by atoms with Crippen LogP contribution < -0.4 is 5.32 Å². The summed E-state index contributed by atoms with van der Waals surface area (Å²) >= 11 is 8.23. The molecule has 2 nitrogen and oxygen atoms in total. The van der Waals surface area contributed by atoms with Crippen LogP contribution in [0.5, 0.6) is 0 Å². The quantitative estimate of drug-likeness (QED) is 0.800. The minimum absolute atomic E-state index is 0.0858. The molecule has 0 bridgehead atoms. The van der Waals surface area contributed by atoms with E-state index in [4.69, 9.17) is 0 Å². The summed E-state index contributed by atoms with van der Waals surface area (Å²) in [5.41, 5.74) is 2.53. The van der Waals surface area contributed by atoms with Crippen molar-refractivity contribution in [1.82, 2.24) is 0 Å². The molecular formula is C12H9Br2NOS. The molecule has 1 N–H and O–H groups in total. The van der Waals surface area contributed by atoms with Gasteiger partial charge < -0.3 is 5.32 Å². The SMILES string of the molecule is Cc1cc(Br)ccc1NC(=O)c1csc(Br)c1. The van der Waals surface area contributed by atoms with Crippen molar-refractivity contribution in [3.63, 3.8) is 0 Å². The average molecular weight is 375 g/mol. The third-order valence-electron chi connectivity index (χ3n) is 2.27. The molecule has 1 amide bonds. The van der Waals surface area contributed by atoms with Gasteiger partial charge in [-0.1, -0.05) is 15.9 Å². The van der Waals surface area contributed by atoms with E-state index in [9.17, 15) is 4.79 Å². The number of amides is 1. The third-order valence-corrected chi connectivity index (χ3v) is 4.26. The van der Waals surface area contributed by atoms with Gasteiger partial charge in [0, 0.05) is 15.5 Å². The van der Waals surface area contributed by atoms with Gasteiger partial charge in [0.25, 0.3) is 5.91 Å². The van der Waals surface area contributed by atoms with Crippen molar-refractivity contribution in [2.75, 3.05) is 5.32 Å². The van der Waals surface area contributed by atoms with Gasteiger partial charge in [0.1, 0.15) is 0 Å². The van der Waals surface area contributed by atoms with Crippen LogP contribution in [0.2, 0.25) is 0 Å². The van der Waals surface area contributed by atoms with E-state index >= 15 is 0 Å². The molecule has 1 heterocycles. The summed E-state index contributed by atoms with van der Waals surface area (Å²) in [6, 6.07) is 7.58. The lowest BCUT2D eigenvalue weighted by molar-refractivity contribution is 0.102. The largest absolute Gasteiger partial charge is 0.322 e. The molecule has 0 aliphatic rings. The van der Waals surface area contributed by atoms with Gasteiger partial charge in [-0.2, -0.15) is 0 Å². The summed E-state index contributed by atoms with van der Waals surface area (Å²) in [6.07, 6.45) is 0. The van der Waals surface area contributed by atoms with Crippen molar-refractivity contribution in [3.8, 4) is 0 Å². The number of nitrogens with one attached hydrogen (secondary N) is 1. The fraction of sp³-hybridized carbons (Fsp3) is 0.0833. The smallest absolute Gasteiger partial charge is 0.256 e. The molecule has 0 fully saturated rings. The van der Waals surface area contributed by atoms with Crippen LogP contribution in [0.15, 0.2) is 37.9 Å². The molecule has 2 aromatic rings. The van der Waals surface area contributed by atoms with E-state index in [1.807, 2.05) is 36.6 Å². The Bertz CT molecular complexity index is 565. The Morgan fingerprint density at radius 3 is 2.65 bits per heavy atom. The summed E-state index contributed by atoms with van der Waals surface area (Å²) in [5, 5.41) is 4.72. The topological polar surface area (TPSA) is 29.1 Å². The highest BCUT2D eigenvalue weighted by Gasteiger charge is 2.09. The second-order valence-electron chi connectivity index (χ2n) is 3.55. The summed E-state index contributed by atoms with van der Waals surface area (Å²) in [7, 11) is 0. The molecule has 2 rings (SSSR count). The predicted octanol–water partition coefficient (Wildman–Crippen LogP) is 4.83. The Morgan fingerprint density at radius 2 is 2.06 bits per heavy atom. The summed E-state index contributed by atoms with van der Waals surface area (Å²) in [5.74, 6) is -0.0858. The standard InChI is InChI=1S/C12H9Br2NOS/c1-7-4-9(13)2-3-10(7)15-12(16)8-5-11(14)17-6-8/h2-6H,1H3,(H,15,16). The summed E-state index contributed by atoms with van der Waals surface area (Å²) in [6.45, 7) is 1.96. The average Bonchev–Trinajstić information content (AvgIpc) is 2.69. The molecule has 0 radical (unpaired) electrons. The van der Waals surface area contributed by atoms with Gasteiger partial charge in [-0.05, 0) is 52.7 Å². The number of rotatable bonds is 2. The monoisotopic (exact) mass is 373 g/mol. The molecule has 0 saturated carbocycles. The number of carbonyl (C=O) groups is 1. The molecule has 1 aromatic heterocycles. The number of hydrogen-bond donors (Lipinski definition) is 1. The van der Waals surface area contributed by atoms with Crippen molar-refractivity contribution in [1.29, 1.82) is 0 Å². The molecule has 0 saturated heterocycles. The molecule has 0 atom stereocenters. The van der Waals surface area contributed by atoms with Crippen LogP contribution in [-0.4, -0.2) is 5.91 Å². The third kappa shape index (κ3) is 3.18. The van der Waals surface area contributed by atoms with Crippen LogP contribution >= 0.6 is 43.2 Å². The Labute approximate surface area is 120 Å². The zero-order valence-electron chi connectivity index (χ0n) is 8.96. The van der Waals surface area contributed by atoms with E-state index in [0.29, 0.717) is 5.56 Å². The first-order chi connectivity index (χ1) is 8.06. The molecule has 0 aliphatic carbocycles. The van der Waals surface area contributed by atoms with Crippen LogP contribution in [0, 0.1) is 6.92 Å². The van der Waals surface area contributed by atoms with Gasteiger partial charge in [-0.15, -0.1) is 11.3 Å². The first kappa shape index (κ1) is 12.8. The lowest BCUT2D eigenvalue weighted by Gasteiger charge is -2.07. The molecule has 1 aromatic carbocycles. The Kier molecular flexibility index (Phi) is 4.01. The van der Waals surface area contributed by atoms with Crippen molar-refractivity contribution >= 4 is 54.8 Å².